The number of carbonyl (C=O) groups is 1. The van der Waals surface area contributed by atoms with E-state index in [1.807, 2.05) is 0 Å². The van der Waals surface area contributed by atoms with Crippen molar-refractivity contribution in [3.05, 3.63) is 22.2 Å². The monoisotopic (exact) mass is 362 g/mol. The molecule has 1 atom stereocenters. The summed E-state index contributed by atoms with van der Waals surface area (Å²) in [5, 5.41) is 0. The molecule has 1 saturated heterocycles. The van der Waals surface area contributed by atoms with E-state index in [1.165, 1.54) is 0 Å². The van der Waals surface area contributed by atoms with Crippen molar-refractivity contribution in [2.45, 2.75) is 12.5 Å². The normalized spacial score (nSPS) is 20.5. The lowest BCUT2D eigenvalue weighted by Crippen LogP contribution is -2.32. The number of rotatable bonds is 1. The molecule has 2 aliphatic heterocycles. The second kappa shape index (κ2) is 6.20. The molecule has 1 amide bonds. The molecular weight excluding hydrogens is 348 g/mol. The van der Waals surface area contributed by atoms with Gasteiger partial charge in [0.2, 0.25) is 0 Å². The smallest absolute Gasteiger partial charge is 0.254 e. The van der Waals surface area contributed by atoms with Gasteiger partial charge in [0.1, 0.15) is 13.2 Å². The van der Waals surface area contributed by atoms with Crippen molar-refractivity contribution in [1.82, 2.24) is 4.90 Å². The molecule has 0 aliphatic carbocycles. The summed E-state index contributed by atoms with van der Waals surface area (Å²) in [5.41, 5.74) is 6.44. The Balaban J connectivity index is 0.00000147. The Labute approximate surface area is 131 Å². The van der Waals surface area contributed by atoms with Crippen molar-refractivity contribution >= 4 is 34.2 Å². The SMILES string of the molecule is Cl.N[C@@H]1CCN(C(=O)c2cc(Br)c3c(c2)OCCO3)C1. The van der Waals surface area contributed by atoms with E-state index >= 15 is 0 Å². The summed E-state index contributed by atoms with van der Waals surface area (Å²) in [5.74, 6) is 1.28. The molecule has 2 heterocycles. The Hall–Kier alpha value is -0.980. The van der Waals surface area contributed by atoms with Gasteiger partial charge in [-0.2, -0.15) is 0 Å². The van der Waals surface area contributed by atoms with Crippen LogP contribution < -0.4 is 15.2 Å². The van der Waals surface area contributed by atoms with Crippen LogP contribution in [0, 0.1) is 0 Å². The van der Waals surface area contributed by atoms with Gasteiger partial charge in [0, 0.05) is 24.7 Å². The Kier molecular flexibility index (Phi) is 4.78. The molecule has 0 spiro atoms. The molecule has 0 aromatic heterocycles. The second-order valence-electron chi connectivity index (χ2n) is 4.78. The molecule has 3 rings (SSSR count). The van der Waals surface area contributed by atoms with Gasteiger partial charge < -0.3 is 20.1 Å². The summed E-state index contributed by atoms with van der Waals surface area (Å²) in [7, 11) is 0. The molecule has 0 radical (unpaired) electrons. The maximum Gasteiger partial charge on any atom is 0.254 e. The summed E-state index contributed by atoms with van der Waals surface area (Å²) in [6.07, 6.45) is 0.859. The van der Waals surface area contributed by atoms with Crippen LogP contribution in [0.2, 0.25) is 0 Å². The molecule has 2 aliphatic rings. The average Bonchev–Trinajstić information content (AvgIpc) is 2.84. The summed E-state index contributed by atoms with van der Waals surface area (Å²) in [6, 6.07) is 3.61. The van der Waals surface area contributed by atoms with Crippen LogP contribution in [-0.2, 0) is 0 Å². The quantitative estimate of drug-likeness (QED) is 0.826. The Bertz CT molecular complexity index is 527. The first-order valence-corrected chi connectivity index (χ1v) is 7.08. The topological polar surface area (TPSA) is 64.8 Å². The third-order valence-electron chi connectivity index (χ3n) is 3.36. The molecule has 20 heavy (non-hydrogen) atoms. The highest BCUT2D eigenvalue weighted by Gasteiger charge is 2.26. The van der Waals surface area contributed by atoms with Crippen molar-refractivity contribution in [2.24, 2.45) is 5.73 Å². The summed E-state index contributed by atoms with van der Waals surface area (Å²) < 4.78 is 11.8. The molecule has 0 saturated carbocycles. The van der Waals surface area contributed by atoms with E-state index in [4.69, 9.17) is 15.2 Å². The van der Waals surface area contributed by atoms with Crippen molar-refractivity contribution < 1.29 is 14.3 Å². The van der Waals surface area contributed by atoms with Gasteiger partial charge in [-0.1, -0.05) is 0 Å². The number of nitrogens with zero attached hydrogens (tertiary/aromatic N) is 1. The molecule has 1 aromatic rings. The van der Waals surface area contributed by atoms with Crippen LogP contribution in [0.25, 0.3) is 0 Å². The fourth-order valence-corrected chi connectivity index (χ4v) is 2.95. The van der Waals surface area contributed by atoms with Gasteiger partial charge in [0.25, 0.3) is 5.91 Å². The van der Waals surface area contributed by atoms with E-state index in [0.29, 0.717) is 43.4 Å². The number of ether oxygens (including phenoxy) is 2. The fourth-order valence-electron chi connectivity index (χ4n) is 2.39. The minimum absolute atomic E-state index is 0. The summed E-state index contributed by atoms with van der Waals surface area (Å²) in [6.45, 7) is 2.36. The molecule has 0 bridgehead atoms. The van der Waals surface area contributed by atoms with Gasteiger partial charge in [-0.25, -0.2) is 0 Å². The average molecular weight is 364 g/mol. The summed E-state index contributed by atoms with van der Waals surface area (Å²) in [4.78, 5) is 14.2. The van der Waals surface area contributed by atoms with Crippen LogP contribution in [0.3, 0.4) is 0 Å². The molecule has 1 fully saturated rings. The van der Waals surface area contributed by atoms with Gasteiger partial charge in [0.15, 0.2) is 11.5 Å². The van der Waals surface area contributed by atoms with Crippen molar-refractivity contribution in [1.29, 1.82) is 0 Å². The van der Waals surface area contributed by atoms with Crippen LogP contribution in [-0.4, -0.2) is 43.2 Å². The molecule has 0 unspecified atom stereocenters. The van der Waals surface area contributed by atoms with E-state index in [0.717, 1.165) is 10.9 Å². The van der Waals surface area contributed by atoms with Crippen LogP contribution in [0.15, 0.2) is 16.6 Å². The number of nitrogens with two attached hydrogens (primary N) is 1. The number of hydrogen-bond acceptors (Lipinski definition) is 4. The zero-order chi connectivity index (χ0) is 13.4. The van der Waals surface area contributed by atoms with Crippen molar-refractivity contribution in [3.63, 3.8) is 0 Å². The Morgan fingerprint density at radius 1 is 1.35 bits per heavy atom. The number of likely N-dealkylation sites (tertiary alicyclic amines) is 1. The lowest BCUT2D eigenvalue weighted by atomic mass is 10.1. The third-order valence-corrected chi connectivity index (χ3v) is 3.94. The molecule has 2 N–H and O–H groups in total. The third kappa shape index (κ3) is 2.87. The Morgan fingerprint density at radius 2 is 2.10 bits per heavy atom. The zero-order valence-electron chi connectivity index (χ0n) is 10.8. The van der Waals surface area contributed by atoms with Crippen LogP contribution in [0.5, 0.6) is 11.5 Å². The maximum atomic E-state index is 12.4. The number of amides is 1. The highest BCUT2D eigenvalue weighted by atomic mass is 79.9. The highest BCUT2D eigenvalue weighted by molar-refractivity contribution is 9.10. The molecule has 1 aromatic carbocycles. The first kappa shape index (κ1) is 15.4. The number of halogens is 2. The first-order valence-electron chi connectivity index (χ1n) is 6.29. The lowest BCUT2D eigenvalue weighted by Gasteiger charge is -2.22. The van der Waals surface area contributed by atoms with E-state index in [-0.39, 0.29) is 24.4 Å². The summed E-state index contributed by atoms with van der Waals surface area (Å²) >= 11 is 3.42. The maximum absolute atomic E-state index is 12.4. The minimum Gasteiger partial charge on any atom is -0.486 e. The number of benzene rings is 1. The molecular formula is C13H16BrClN2O3. The fraction of sp³-hybridized carbons (Fsp3) is 0.462. The van der Waals surface area contributed by atoms with Gasteiger partial charge in [0.05, 0.1) is 4.47 Å². The Morgan fingerprint density at radius 3 is 2.80 bits per heavy atom. The molecule has 110 valence electrons. The van der Waals surface area contributed by atoms with Crippen LogP contribution in [0.4, 0.5) is 0 Å². The second-order valence-corrected chi connectivity index (χ2v) is 5.64. The van der Waals surface area contributed by atoms with E-state index in [1.54, 1.807) is 17.0 Å². The minimum atomic E-state index is -0.00868. The van der Waals surface area contributed by atoms with Crippen LogP contribution >= 0.6 is 28.3 Å². The highest BCUT2D eigenvalue weighted by Crippen LogP contribution is 2.38. The molecule has 5 nitrogen and oxygen atoms in total. The zero-order valence-corrected chi connectivity index (χ0v) is 13.2. The lowest BCUT2D eigenvalue weighted by molar-refractivity contribution is 0.0789. The predicted octanol–water partition coefficient (Wildman–Crippen LogP) is 1.82. The van der Waals surface area contributed by atoms with E-state index in [2.05, 4.69) is 15.9 Å². The van der Waals surface area contributed by atoms with Crippen LogP contribution in [0.1, 0.15) is 16.8 Å². The van der Waals surface area contributed by atoms with E-state index < -0.39 is 0 Å². The van der Waals surface area contributed by atoms with Crippen molar-refractivity contribution in [3.8, 4) is 11.5 Å². The van der Waals surface area contributed by atoms with E-state index in [9.17, 15) is 4.79 Å². The predicted molar refractivity (Wildman–Crippen MR) is 80.9 cm³/mol. The van der Waals surface area contributed by atoms with Gasteiger partial charge in [-0.05, 0) is 34.5 Å². The van der Waals surface area contributed by atoms with Gasteiger partial charge in [-0.3, -0.25) is 4.79 Å². The molecule has 7 heteroatoms. The number of hydrogen-bond donors (Lipinski definition) is 1. The van der Waals surface area contributed by atoms with Crippen molar-refractivity contribution in [2.75, 3.05) is 26.3 Å². The standard InChI is InChI=1S/C13H15BrN2O3.ClH/c14-10-5-8(6-11-12(10)19-4-3-18-11)13(17)16-2-1-9(15)7-16;/h5-6,9H,1-4,7,15H2;1H/t9-;/m1./s1. The van der Waals surface area contributed by atoms with Gasteiger partial charge >= 0.3 is 0 Å². The van der Waals surface area contributed by atoms with Gasteiger partial charge in [-0.15, -0.1) is 12.4 Å². The first-order chi connectivity index (χ1) is 9.15. The number of fused-ring (bicyclic) bond motifs is 1. The number of carbonyl (C=O) groups excluding carboxylic acids is 1. The largest absolute Gasteiger partial charge is 0.486 e.